The number of carbonyl (C=O) groups excluding carboxylic acids is 1. The number of rotatable bonds is 6. The Morgan fingerprint density at radius 2 is 1.82 bits per heavy atom. The number of benzene rings is 2. The molecule has 0 saturated carbocycles. The minimum absolute atomic E-state index is 0.367. The Bertz CT molecular complexity index is 1410. The van der Waals surface area contributed by atoms with E-state index >= 15 is 0 Å². The van der Waals surface area contributed by atoms with Gasteiger partial charge in [0.2, 0.25) is 0 Å². The number of carbonyl (C=O) groups is 1. The molecule has 0 fully saturated rings. The number of halogens is 1. The quantitative estimate of drug-likeness (QED) is 0.307. The molecule has 3 heterocycles. The summed E-state index contributed by atoms with van der Waals surface area (Å²) in [5.74, 6) is -0.367. The van der Waals surface area contributed by atoms with Crippen molar-refractivity contribution in [2.45, 2.75) is 39.8 Å². The first-order valence-corrected chi connectivity index (χ1v) is 12.2. The van der Waals surface area contributed by atoms with E-state index in [1.165, 1.54) is 0 Å². The summed E-state index contributed by atoms with van der Waals surface area (Å²) in [7, 11) is 0. The number of hydrogen-bond acceptors (Lipinski definition) is 4. The van der Waals surface area contributed by atoms with E-state index in [0.717, 1.165) is 58.6 Å². The molecule has 0 amide bonds. The predicted octanol–water partition coefficient (Wildman–Crippen LogP) is 6.33. The van der Waals surface area contributed by atoms with Gasteiger partial charge in [0, 0.05) is 71.0 Å². The highest BCUT2D eigenvalue weighted by molar-refractivity contribution is 6.32. The summed E-state index contributed by atoms with van der Waals surface area (Å²) >= 11 is 7.02. The fraction of sp³-hybridized carbons (Fsp3) is 0.286. The van der Waals surface area contributed by atoms with Gasteiger partial charge in [-0.25, -0.2) is 4.79 Å². The first-order chi connectivity index (χ1) is 16.5. The minimum Gasteiger partial charge on any atom is -0.440 e. The average Bonchev–Trinajstić information content (AvgIpc) is 3.31. The van der Waals surface area contributed by atoms with E-state index in [2.05, 4.69) is 60.3 Å². The van der Waals surface area contributed by atoms with E-state index in [1.54, 1.807) is 18.5 Å². The van der Waals surface area contributed by atoms with Crippen molar-refractivity contribution in [1.82, 2.24) is 9.55 Å². The molecule has 1 aliphatic heterocycles. The molecule has 4 aromatic rings. The Hall–Kier alpha value is -3.31. The molecule has 174 valence electrons. The molecule has 1 aliphatic rings. The fourth-order valence-corrected chi connectivity index (χ4v) is 5.79. The molecule has 2 aromatic heterocycles. The third kappa shape index (κ3) is 3.07. The van der Waals surface area contributed by atoms with E-state index in [-0.39, 0.29) is 5.97 Å². The van der Waals surface area contributed by atoms with Crippen molar-refractivity contribution in [3.63, 3.8) is 0 Å². The summed E-state index contributed by atoms with van der Waals surface area (Å²) < 4.78 is 8.64. The van der Waals surface area contributed by atoms with Crippen LogP contribution in [0.15, 0.2) is 60.9 Å². The van der Waals surface area contributed by atoms with Crippen LogP contribution in [-0.2, 0) is 16.9 Å². The highest BCUT2D eigenvalue weighted by atomic mass is 35.5. The number of aromatic nitrogens is 2. The van der Waals surface area contributed by atoms with Crippen LogP contribution in [0.5, 0.6) is 0 Å². The number of hydrogen-bond donors (Lipinski definition) is 0. The van der Waals surface area contributed by atoms with Crippen molar-refractivity contribution >= 4 is 34.2 Å². The maximum absolute atomic E-state index is 13.2. The Balaban J connectivity index is 1.88. The summed E-state index contributed by atoms with van der Waals surface area (Å²) in [6.45, 7) is 11.0. The Labute approximate surface area is 204 Å². The summed E-state index contributed by atoms with van der Waals surface area (Å²) in [5.41, 5.74) is 4.90. The van der Waals surface area contributed by atoms with Crippen LogP contribution in [0.25, 0.3) is 10.9 Å². The number of aryl methyl sites for hydroxylation is 1. The number of pyridine rings is 1. The van der Waals surface area contributed by atoms with Crippen molar-refractivity contribution in [2.75, 3.05) is 18.0 Å². The lowest BCUT2D eigenvalue weighted by Gasteiger charge is -2.32. The number of nitrogens with zero attached hydrogens (tertiary/aromatic N) is 3. The normalized spacial score (nSPS) is 17.1. The zero-order valence-corrected chi connectivity index (χ0v) is 20.7. The monoisotopic (exact) mass is 473 g/mol. The molecule has 5 rings (SSSR count). The zero-order valence-electron chi connectivity index (χ0n) is 19.9. The van der Waals surface area contributed by atoms with Gasteiger partial charge in [0.05, 0.1) is 10.6 Å². The van der Waals surface area contributed by atoms with Gasteiger partial charge in [-0.05, 0) is 52.0 Å². The van der Waals surface area contributed by atoms with Crippen molar-refractivity contribution < 1.29 is 9.53 Å². The molecule has 5 nitrogen and oxygen atoms in total. The fourth-order valence-electron chi connectivity index (χ4n) is 5.48. The van der Waals surface area contributed by atoms with Crippen LogP contribution >= 0.6 is 11.6 Å². The van der Waals surface area contributed by atoms with Crippen LogP contribution < -0.4 is 4.90 Å². The van der Waals surface area contributed by atoms with Crippen LogP contribution in [0.3, 0.4) is 0 Å². The van der Waals surface area contributed by atoms with Crippen molar-refractivity contribution in [2.24, 2.45) is 0 Å². The minimum atomic E-state index is -1.19. The molecule has 1 unspecified atom stereocenters. The first-order valence-electron chi connectivity index (χ1n) is 11.8. The number of cyclic esters (lactones) is 1. The van der Waals surface area contributed by atoms with E-state index in [0.29, 0.717) is 10.6 Å². The molecule has 2 aromatic carbocycles. The highest BCUT2D eigenvalue weighted by Gasteiger charge is 2.52. The first kappa shape index (κ1) is 22.5. The molecule has 0 aliphatic carbocycles. The summed E-state index contributed by atoms with van der Waals surface area (Å²) in [4.78, 5) is 19.9. The SMILES string of the molecule is CCN(CC)c1ccc(C2(c3c(C)n(CC)c4ccccc34)OC(=O)c3ccncc32)c(Cl)c1. The Morgan fingerprint density at radius 1 is 1.06 bits per heavy atom. The van der Waals surface area contributed by atoms with Gasteiger partial charge < -0.3 is 14.2 Å². The smallest absolute Gasteiger partial charge is 0.340 e. The van der Waals surface area contributed by atoms with Gasteiger partial charge in [-0.15, -0.1) is 0 Å². The van der Waals surface area contributed by atoms with Crippen LogP contribution in [-0.4, -0.2) is 28.6 Å². The molecular weight excluding hydrogens is 446 g/mol. The second-order valence-electron chi connectivity index (χ2n) is 8.55. The van der Waals surface area contributed by atoms with Gasteiger partial charge in [0.15, 0.2) is 5.60 Å². The van der Waals surface area contributed by atoms with Crippen LogP contribution in [0.4, 0.5) is 5.69 Å². The van der Waals surface area contributed by atoms with Crippen molar-refractivity contribution in [3.8, 4) is 0 Å². The van der Waals surface area contributed by atoms with E-state index in [9.17, 15) is 4.79 Å². The summed E-state index contributed by atoms with van der Waals surface area (Å²) in [6, 6.07) is 16.0. The molecule has 1 atom stereocenters. The second kappa shape index (κ2) is 8.48. The number of fused-ring (bicyclic) bond motifs is 2. The third-order valence-corrected chi connectivity index (χ3v) is 7.34. The lowest BCUT2D eigenvalue weighted by Crippen LogP contribution is -2.31. The highest BCUT2D eigenvalue weighted by Crippen LogP contribution is 2.52. The van der Waals surface area contributed by atoms with Crippen molar-refractivity contribution in [3.05, 3.63) is 93.9 Å². The zero-order chi connectivity index (χ0) is 24.0. The van der Waals surface area contributed by atoms with Gasteiger partial charge in [-0.2, -0.15) is 0 Å². The maximum atomic E-state index is 13.2. The van der Waals surface area contributed by atoms with Crippen LogP contribution in [0.1, 0.15) is 53.5 Å². The summed E-state index contributed by atoms with van der Waals surface area (Å²) in [6.07, 6.45) is 3.37. The second-order valence-corrected chi connectivity index (χ2v) is 8.96. The third-order valence-electron chi connectivity index (χ3n) is 7.03. The molecule has 0 saturated heterocycles. The molecule has 6 heteroatoms. The van der Waals surface area contributed by atoms with E-state index in [4.69, 9.17) is 16.3 Å². The maximum Gasteiger partial charge on any atom is 0.340 e. The van der Waals surface area contributed by atoms with Gasteiger partial charge in [-0.3, -0.25) is 4.98 Å². The molecule has 0 bridgehead atoms. The van der Waals surface area contributed by atoms with Gasteiger partial charge >= 0.3 is 5.97 Å². The Morgan fingerprint density at radius 3 is 2.53 bits per heavy atom. The van der Waals surface area contributed by atoms with Gasteiger partial charge in [-0.1, -0.05) is 35.9 Å². The van der Waals surface area contributed by atoms with Gasteiger partial charge in [0.1, 0.15) is 0 Å². The predicted molar refractivity (Wildman–Crippen MR) is 137 cm³/mol. The lowest BCUT2D eigenvalue weighted by molar-refractivity contribution is 0.0253. The number of para-hydroxylation sites is 1. The molecule has 0 N–H and O–H groups in total. The Kier molecular flexibility index (Phi) is 5.61. The molecule has 0 radical (unpaired) electrons. The lowest BCUT2D eigenvalue weighted by atomic mass is 9.79. The number of ether oxygens (including phenoxy) is 1. The van der Waals surface area contributed by atoms with E-state index in [1.807, 2.05) is 24.3 Å². The summed E-state index contributed by atoms with van der Waals surface area (Å²) in [5, 5.41) is 1.59. The molecule has 0 spiro atoms. The molecular formula is C28H28ClN3O2. The van der Waals surface area contributed by atoms with Crippen molar-refractivity contribution in [1.29, 1.82) is 0 Å². The average molecular weight is 474 g/mol. The standard InChI is InChI=1S/C28H28ClN3O2/c1-5-31(6-2)19-12-13-22(24(29)16-19)28(23-17-30-15-14-20(23)27(33)34-28)26-18(4)32(7-3)25-11-9-8-10-21(25)26/h8-17H,5-7H2,1-4H3. The van der Waals surface area contributed by atoms with Crippen LogP contribution in [0.2, 0.25) is 5.02 Å². The largest absolute Gasteiger partial charge is 0.440 e. The topological polar surface area (TPSA) is 47.4 Å². The number of esters is 1. The van der Waals surface area contributed by atoms with Crippen LogP contribution in [0, 0.1) is 6.92 Å². The number of anilines is 1. The van der Waals surface area contributed by atoms with E-state index < -0.39 is 5.60 Å². The molecule has 34 heavy (non-hydrogen) atoms. The van der Waals surface area contributed by atoms with Gasteiger partial charge in [0.25, 0.3) is 0 Å².